The van der Waals surface area contributed by atoms with Gasteiger partial charge in [0.25, 0.3) is 6.08 Å². The van der Waals surface area contributed by atoms with Crippen LogP contribution in [0.15, 0.2) is 12.2 Å². The Balaban J connectivity index is 3.31. The second kappa shape index (κ2) is 3.94. The summed E-state index contributed by atoms with van der Waals surface area (Å²) >= 11 is 0. The van der Waals surface area contributed by atoms with Gasteiger partial charge in [-0.1, -0.05) is 0 Å². The lowest BCUT2D eigenvalue weighted by molar-refractivity contribution is 0.131. The number of hydrogen-bond acceptors (Lipinski definition) is 2. The maximum absolute atomic E-state index is 11.0. The molecule has 0 aromatic heterocycles. The van der Waals surface area contributed by atoms with Crippen LogP contribution < -0.4 is 0 Å². The Labute approximate surface area is 48.9 Å². The van der Waals surface area contributed by atoms with Crippen LogP contribution in [-0.4, -0.2) is 12.8 Å². The molecule has 0 aliphatic heterocycles. The SMILES string of the molecule is O=C(F)OCC=C(F)F. The zero-order chi connectivity index (χ0) is 7.28. The first-order valence-electron chi connectivity index (χ1n) is 1.96. The van der Waals surface area contributed by atoms with E-state index in [4.69, 9.17) is 0 Å². The number of carbonyl (C=O) groups is 1. The molecule has 52 valence electrons. The second-order valence-corrected chi connectivity index (χ2v) is 1.04. The Morgan fingerprint density at radius 3 is 2.33 bits per heavy atom. The van der Waals surface area contributed by atoms with E-state index in [0.717, 1.165) is 0 Å². The third kappa shape index (κ3) is 7.00. The molecule has 9 heavy (non-hydrogen) atoms. The lowest BCUT2D eigenvalue weighted by atomic mass is 10.7. The van der Waals surface area contributed by atoms with Gasteiger partial charge in [-0.25, -0.2) is 4.79 Å². The van der Waals surface area contributed by atoms with E-state index in [2.05, 4.69) is 4.74 Å². The Kier molecular flexibility index (Phi) is 3.50. The minimum atomic E-state index is -2.06. The van der Waals surface area contributed by atoms with Gasteiger partial charge in [0.2, 0.25) is 0 Å². The van der Waals surface area contributed by atoms with Crippen molar-refractivity contribution in [2.24, 2.45) is 0 Å². The quantitative estimate of drug-likeness (QED) is 0.547. The van der Waals surface area contributed by atoms with E-state index in [1.54, 1.807) is 0 Å². The van der Waals surface area contributed by atoms with Crippen LogP contribution in [0.25, 0.3) is 0 Å². The Morgan fingerprint density at radius 1 is 1.44 bits per heavy atom. The first-order chi connectivity index (χ1) is 4.13. The maximum Gasteiger partial charge on any atom is 0.495 e. The summed E-state index contributed by atoms with van der Waals surface area (Å²) < 4.78 is 36.6. The van der Waals surface area contributed by atoms with Crippen molar-refractivity contribution < 1.29 is 22.7 Å². The average molecular weight is 140 g/mol. The van der Waals surface area contributed by atoms with Gasteiger partial charge >= 0.3 is 6.22 Å². The summed E-state index contributed by atoms with van der Waals surface area (Å²) in [6.45, 7) is -0.725. The van der Waals surface area contributed by atoms with Crippen molar-refractivity contribution in [2.75, 3.05) is 6.61 Å². The standard InChI is InChI=1S/C4H3F3O2/c5-3(6)1-2-9-4(7)8/h1H,2H2. The minimum absolute atomic E-state index is 0.289. The fourth-order valence-electron chi connectivity index (χ4n) is 0.170. The second-order valence-electron chi connectivity index (χ2n) is 1.04. The molecule has 0 heterocycles. The first kappa shape index (κ1) is 8.00. The molecule has 0 fully saturated rings. The van der Waals surface area contributed by atoms with Gasteiger partial charge in [-0.2, -0.15) is 8.78 Å². The van der Waals surface area contributed by atoms with Crippen molar-refractivity contribution in [3.05, 3.63) is 12.2 Å². The fourth-order valence-corrected chi connectivity index (χ4v) is 0.170. The summed E-state index contributed by atoms with van der Waals surface area (Å²) in [4.78, 5) is 9.26. The molecule has 0 N–H and O–H groups in total. The third-order valence-corrected chi connectivity index (χ3v) is 0.434. The minimum Gasteiger partial charge on any atom is -0.436 e. The molecular formula is C4H3F3O2. The predicted octanol–water partition coefficient (Wildman–Crippen LogP) is 1.87. The molecule has 0 aromatic rings. The zero-order valence-electron chi connectivity index (χ0n) is 4.23. The number of rotatable bonds is 2. The van der Waals surface area contributed by atoms with Crippen molar-refractivity contribution in [1.29, 1.82) is 0 Å². The molecule has 5 heteroatoms. The lowest BCUT2D eigenvalue weighted by Crippen LogP contribution is -1.93. The third-order valence-electron chi connectivity index (χ3n) is 0.434. The molecule has 0 aromatic carbocycles. The number of carbonyl (C=O) groups excluding carboxylic acids is 1. The van der Waals surface area contributed by atoms with Crippen LogP contribution >= 0.6 is 0 Å². The Bertz CT molecular complexity index is 128. The maximum atomic E-state index is 11.0. The molecule has 0 radical (unpaired) electrons. The molecule has 0 spiro atoms. The summed E-state index contributed by atoms with van der Waals surface area (Å²) in [5, 5.41) is 0. The van der Waals surface area contributed by atoms with Crippen molar-refractivity contribution in [3.8, 4) is 0 Å². The van der Waals surface area contributed by atoms with Crippen LogP contribution in [0.3, 0.4) is 0 Å². The summed E-state index contributed by atoms with van der Waals surface area (Å²) in [5.41, 5.74) is 0. The summed E-state index contributed by atoms with van der Waals surface area (Å²) in [7, 11) is 0. The van der Waals surface area contributed by atoms with Crippen molar-refractivity contribution in [1.82, 2.24) is 0 Å². The molecule has 0 rings (SSSR count). The summed E-state index contributed by atoms with van der Waals surface area (Å²) in [6.07, 6.45) is -3.78. The monoisotopic (exact) mass is 140 g/mol. The molecule has 0 bridgehead atoms. The molecule has 0 aliphatic rings. The van der Waals surface area contributed by atoms with Gasteiger partial charge in [0, 0.05) is 6.08 Å². The molecule has 0 unspecified atom stereocenters. The number of ether oxygens (including phenoxy) is 1. The fraction of sp³-hybridized carbons (Fsp3) is 0.250. The van der Waals surface area contributed by atoms with Gasteiger partial charge in [-0.3, -0.25) is 0 Å². The first-order valence-corrected chi connectivity index (χ1v) is 1.96. The van der Waals surface area contributed by atoms with Crippen molar-refractivity contribution in [2.45, 2.75) is 0 Å². The van der Waals surface area contributed by atoms with Gasteiger partial charge in [0.1, 0.15) is 6.61 Å². The Morgan fingerprint density at radius 2 is 2.00 bits per heavy atom. The van der Waals surface area contributed by atoms with Crippen LogP contribution in [0.1, 0.15) is 0 Å². The highest BCUT2D eigenvalue weighted by Gasteiger charge is 1.94. The highest BCUT2D eigenvalue weighted by Crippen LogP contribution is 1.95. The van der Waals surface area contributed by atoms with Crippen LogP contribution in [0, 0.1) is 0 Å². The molecule has 0 amide bonds. The van der Waals surface area contributed by atoms with E-state index < -0.39 is 18.9 Å². The van der Waals surface area contributed by atoms with Crippen molar-refractivity contribution >= 4 is 6.22 Å². The van der Waals surface area contributed by atoms with Gasteiger partial charge < -0.3 is 4.74 Å². The lowest BCUT2D eigenvalue weighted by Gasteiger charge is -1.88. The van der Waals surface area contributed by atoms with E-state index in [1.165, 1.54) is 0 Å². The van der Waals surface area contributed by atoms with E-state index in [9.17, 15) is 18.0 Å². The molecule has 0 aliphatic carbocycles. The predicted molar refractivity (Wildman–Crippen MR) is 22.8 cm³/mol. The average Bonchev–Trinajstić information content (AvgIpc) is 1.63. The van der Waals surface area contributed by atoms with Crippen LogP contribution in [0.4, 0.5) is 18.0 Å². The van der Waals surface area contributed by atoms with E-state index >= 15 is 0 Å². The molecular weight excluding hydrogens is 137 g/mol. The normalized spacial score (nSPS) is 8.33. The van der Waals surface area contributed by atoms with Crippen LogP contribution in [0.2, 0.25) is 0 Å². The molecule has 2 nitrogen and oxygen atoms in total. The van der Waals surface area contributed by atoms with Gasteiger partial charge in [0.05, 0.1) is 0 Å². The summed E-state index contributed by atoms with van der Waals surface area (Å²) in [6, 6.07) is 0. The van der Waals surface area contributed by atoms with Gasteiger partial charge in [0.15, 0.2) is 0 Å². The largest absolute Gasteiger partial charge is 0.495 e. The molecule has 0 atom stereocenters. The highest BCUT2D eigenvalue weighted by molar-refractivity contribution is 5.58. The van der Waals surface area contributed by atoms with Crippen LogP contribution in [0.5, 0.6) is 0 Å². The van der Waals surface area contributed by atoms with Gasteiger partial charge in [-0.15, -0.1) is 4.39 Å². The molecule has 0 saturated carbocycles. The highest BCUT2D eigenvalue weighted by atomic mass is 19.3. The zero-order valence-corrected chi connectivity index (χ0v) is 4.23. The van der Waals surface area contributed by atoms with E-state index in [0.29, 0.717) is 0 Å². The van der Waals surface area contributed by atoms with E-state index in [-0.39, 0.29) is 6.08 Å². The number of hydrogen-bond donors (Lipinski definition) is 0. The number of halogens is 3. The topological polar surface area (TPSA) is 26.3 Å². The smallest absolute Gasteiger partial charge is 0.436 e. The van der Waals surface area contributed by atoms with Crippen molar-refractivity contribution in [3.63, 3.8) is 0 Å². The van der Waals surface area contributed by atoms with Crippen LogP contribution in [-0.2, 0) is 4.74 Å². The van der Waals surface area contributed by atoms with Gasteiger partial charge in [-0.05, 0) is 0 Å². The van der Waals surface area contributed by atoms with E-state index in [1.807, 2.05) is 0 Å². The Hall–Kier alpha value is -1.00. The molecule has 0 saturated heterocycles. The summed E-state index contributed by atoms with van der Waals surface area (Å²) in [5.74, 6) is 0.